The smallest absolute Gasteiger partial charge is 0.136 e. The van der Waals surface area contributed by atoms with Gasteiger partial charge < -0.3 is 19.8 Å². The van der Waals surface area contributed by atoms with Crippen LogP contribution in [-0.2, 0) is 17.9 Å². The zero-order chi connectivity index (χ0) is 15.4. The van der Waals surface area contributed by atoms with E-state index in [1.54, 1.807) is 7.11 Å². The summed E-state index contributed by atoms with van der Waals surface area (Å²) in [6, 6.07) is 15.5. The highest BCUT2D eigenvalue weighted by Crippen LogP contribution is 2.18. The number of methoxy groups -OCH3 is 1. The number of para-hydroxylation sites is 2. The van der Waals surface area contributed by atoms with Gasteiger partial charge in [0.15, 0.2) is 0 Å². The van der Waals surface area contributed by atoms with E-state index in [1.807, 2.05) is 42.5 Å². The Hall–Kier alpha value is -2.53. The molecule has 0 radical (unpaired) electrons. The molecule has 0 aliphatic heterocycles. The van der Waals surface area contributed by atoms with Crippen molar-refractivity contribution in [2.45, 2.75) is 13.2 Å². The molecule has 1 heterocycles. The Kier molecular flexibility index (Phi) is 4.25. The molecule has 3 rings (SSSR count). The number of ether oxygens (including phenoxy) is 2. The molecule has 0 bridgehead atoms. The van der Waals surface area contributed by atoms with Gasteiger partial charge in [-0.25, -0.2) is 4.98 Å². The number of hydrogen-bond acceptors (Lipinski definition) is 4. The number of benzene rings is 2. The average Bonchev–Trinajstić information content (AvgIpc) is 2.86. The van der Waals surface area contributed by atoms with Gasteiger partial charge in [0, 0.05) is 18.9 Å². The second kappa shape index (κ2) is 6.49. The Morgan fingerprint density at radius 2 is 2.00 bits per heavy atom. The molecule has 3 aromatic rings. The molecule has 2 aromatic carbocycles. The minimum absolute atomic E-state index is 0.479. The molecule has 0 aliphatic rings. The van der Waals surface area contributed by atoms with Gasteiger partial charge in [-0.15, -0.1) is 0 Å². The summed E-state index contributed by atoms with van der Waals surface area (Å²) in [6.45, 7) is 1.72. The summed E-state index contributed by atoms with van der Waals surface area (Å²) >= 11 is 0. The number of hydrogen-bond donors (Lipinski definition) is 1. The number of imidazole rings is 1. The predicted octanol–water partition coefficient (Wildman–Crippen LogP) is 2.84. The van der Waals surface area contributed by atoms with Crippen LogP contribution in [0.2, 0.25) is 0 Å². The first-order valence-corrected chi connectivity index (χ1v) is 7.19. The highest BCUT2D eigenvalue weighted by Gasteiger charge is 2.10. The van der Waals surface area contributed by atoms with Gasteiger partial charge in [-0.05, 0) is 24.3 Å². The summed E-state index contributed by atoms with van der Waals surface area (Å²) in [5, 5.41) is 0. The third-order valence-corrected chi connectivity index (χ3v) is 3.45. The van der Waals surface area contributed by atoms with Crippen molar-refractivity contribution in [2.75, 3.05) is 19.5 Å². The van der Waals surface area contributed by atoms with Crippen LogP contribution in [0, 0.1) is 0 Å². The molecule has 0 unspecified atom stereocenters. The van der Waals surface area contributed by atoms with Gasteiger partial charge in [-0.3, -0.25) is 0 Å². The normalized spacial score (nSPS) is 11.0. The number of nitrogen functional groups attached to an aromatic ring is 1. The van der Waals surface area contributed by atoms with Gasteiger partial charge >= 0.3 is 0 Å². The Morgan fingerprint density at radius 3 is 2.82 bits per heavy atom. The third-order valence-electron chi connectivity index (χ3n) is 3.45. The van der Waals surface area contributed by atoms with Crippen LogP contribution < -0.4 is 10.5 Å². The second-order valence-corrected chi connectivity index (χ2v) is 5.02. The van der Waals surface area contributed by atoms with Crippen LogP contribution in [0.1, 0.15) is 5.82 Å². The monoisotopic (exact) mass is 297 g/mol. The number of fused-ring (bicyclic) bond motifs is 1. The number of nitrogens with two attached hydrogens (primary N) is 1. The van der Waals surface area contributed by atoms with Crippen LogP contribution in [0.4, 0.5) is 5.69 Å². The van der Waals surface area contributed by atoms with Gasteiger partial charge in [0.2, 0.25) is 0 Å². The van der Waals surface area contributed by atoms with Crippen LogP contribution in [0.15, 0.2) is 48.5 Å². The maximum Gasteiger partial charge on any atom is 0.136 e. The lowest BCUT2D eigenvalue weighted by Crippen LogP contribution is -2.11. The first-order chi connectivity index (χ1) is 10.8. The van der Waals surface area contributed by atoms with Crippen molar-refractivity contribution in [3.63, 3.8) is 0 Å². The van der Waals surface area contributed by atoms with Crippen molar-refractivity contribution in [3.05, 3.63) is 54.4 Å². The molecule has 22 heavy (non-hydrogen) atoms. The fourth-order valence-electron chi connectivity index (χ4n) is 2.47. The Balaban J connectivity index is 1.76. The van der Waals surface area contributed by atoms with Crippen LogP contribution in [0.5, 0.6) is 5.75 Å². The SMILES string of the molecule is COCc1nc2ccccc2n1CCOc1cccc(N)c1. The van der Waals surface area contributed by atoms with E-state index < -0.39 is 0 Å². The van der Waals surface area contributed by atoms with Gasteiger partial charge in [-0.1, -0.05) is 18.2 Å². The quantitative estimate of drug-likeness (QED) is 0.711. The molecule has 5 heteroatoms. The van der Waals surface area contributed by atoms with E-state index in [1.165, 1.54) is 0 Å². The molecule has 0 amide bonds. The van der Waals surface area contributed by atoms with Crippen molar-refractivity contribution in [1.82, 2.24) is 9.55 Å². The molecule has 0 saturated heterocycles. The van der Waals surface area contributed by atoms with E-state index in [0.29, 0.717) is 25.4 Å². The van der Waals surface area contributed by atoms with Crippen molar-refractivity contribution in [1.29, 1.82) is 0 Å². The highest BCUT2D eigenvalue weighted by atomic mass is 16.5. The molecular formula is C17H19N3O2. The zero-order valence-corrected chi connectivity index (χ0v) is 12.5. The minimum Gasteiger partial charge on any atom is -0.492 e. The summed E-state index contributed by atoms with van der Waals surface area (Å²) in [6.07, 6.45) is 0. The van der Waals surface area contributed by atoms with Crippen LogP contribution >= 0.6 is 0 Å². The maximum absolute atomic E-state index is 5.77. The van der Waals surface area contributed by atoms with E-state index in [4.69, 9.17) is 15.2 Å². The van der Waals surface area contributed by atoms with Gasteiger partial charge in [0.1, 0.15) is 24.8 Å². The largest absolute Gasteiger partial charge is 0.492 e. The fourth-order valence-corrected chi connectivity index (χ4v) is 2.47. The van der Waals surface area contributed by atoms with Crippen molar-refractivity contribution in [3.8, 4) is 5.75 Å². The molecular weight excluding hydrogens is 278 g/mol. The summed E-state index contributed by atoms with van der Waals surface area (Å²) in [7, 11) is 1.67. The summed E-state index contributed by atoms with van der Waals surface area (Å²) in [5.74, 6) is 1.68. The lowest BCUT2D eigenvalue weighted by atomic mass is 10.3. The topological polar surface area (TPSA) is 62.3 Å². The number of rotatable bonds is 6. The van der Waals surface area contributed by atoms with E-state index in [2.05, 4.69) is 15.6 Å². The Bertz CT molecular complexity index is 767. The van der Waals surface area contributed by atoms with E-state index >= 15 is 0 Å². The van der Waals surface area contributed by atoms with E-state index in [0.717, 1.165) is 22.6 Å². The second-order valence-electron chi connectivity index (χ2n) is 5.02. The average molecular weight is 297 g/mol. The lowest BCUT2D eigenvalue weighted by Gasteiger charge is -2.10. The first-order valence-electron chi connectivity index (χ1n) is 7.19. The van der Waals surface area contributed by atoms with Crippen molar-refractivity contribution >= 4 is 16.7 Å². The molecule has 0 spiro atoms. The zero-order valence-electron chi connectivity index (χ0n) is 12.5. The van der Waals surface area contributed by atoms with Crippen LogP contribution in [-0.4, -0.2) is 23.3 Å². The van der Waals surface area contributed by atoms with Gasteiger partial charge in [-0.2, -0.15) is 0 Å². The Labute approximate surface area is 129 Å². The first kappa shape index (κ1) is 14.4. The maximum atomic E-state index is 5.77. The summed E-state index contributed by atoms with van der Waals surface area (Å²) < 4.78 is 13.1. The van der Waals surface area contributed by atoms with E-state index in [9.17, 15) is 0 Å². The highest BCUT2D eigenvalue weighted by molar-refractivity contribution is 5.75. The standard InChI is InChI=1S/C17H19N3O2/c1-21-12-17-19-15-7-2-3-8-16(15)20(17)9-10-22-14-6-4-5-13(18)11-14/h2-8,11H,9-10,12,18H2,1H3. The fraction of sp³-hybridized carbons (Fsp3) is 0.235. The van der Waals surface area contributed by atoms with Gasteiger partial charge in [0.25, 0.3) is 0 Å². The minimum atomic E-state index is 0.479. The molecule has 0 saturated carbocycles. The van der Waals surface area contributed by atoms with Crippen LogP contribution in [0.25, 0.3) is 11.0 Å². The summed E-state index contributed by atoms with van der Waals surface area (Å²) in [5.41, 5.74) is 8.51. The Morgan fingerprint density at radius 1 is 1.14 bits per heavy atom. The number of aromatic nitrogens is 2. The third kappa shape index (κ3) is 3.04. The molecule has 0 fully saturated rings. The van der Waals surface area contributed by atoms with Gasteiger partial charge in [0.05, 0.1) is 17.6 Å². The molecule has 114 valence electrons. The summed E-state index contributed by atoms with van der Waals surface area (Å²) in [4.78, 5) is 4.60. The molecule has 0 atom stereocenters. The van der Waals surface area contributed by atoms with Crippen molar-refractivity contribution < 1.29 is 9.47 Å². The molecule has 5 nitrogen and oxygen atoms in total. The lowest BCUT2D eigenvalue weighted by molar-refractivity contribution is 0.173. The number of anilines is 1. The van der Waals surface area contributed by atoms with E-state index in [-0.39, 0.29) is 0 Å². The number of nitrogens with zero attached hydrogens (tertiary/aromatic N) is 2. The van der Waals surface area contributed by atoms with Crippen LogP contribution in [0.3, 0.4) is 0 Å². The molecule has 1 aromatic heterocycles. The van der Waals surface area contributed by atoms with Crippen molar-refractivity contribution in [2.24, 2.45) is 0 Å². The molecule has 2 N–H and O–H groups in total. The predicted molar refractivity (Wildman–Crippen MR) is 86.8 cm³/mol. The molecule has 0 aliphatic carbocycles.